The van der Waals surface area contributed by atoms with Crippen molar-refractivity contribution in [2.75, 3.05) is 19.6 Å². The lowest BCUT2D eigenvalue weighted by molar-refractivity contribution is -0.0792. The van der Waals surface area contributed by atoms with E-state index in [0.29, 0.717) is 17.3 Å². The van der Waals surface area contributed by atoms with E-state index < -0.39 is 5.60 Å². The number of nitrogens with zero attached hydrogens (tertiary/aromatic N) is 1. The van der Waals surface area contributed by atoms with Gasteiger partial charge >= 0.3 is 0 Å². The Morgan fingerprint density at radius 1 is 1.08 bits per heavy atom. The summed E-state index contributed by atoms with van der Waals surface area (Å²) in [6, 6.07) is 10.5. The van der Waals surface area contributed by atoms with Gasteiger partial charge < -0.3 is 10.0 Å². The van der Waals surface area contributed by atoms with E-state index in [0.717, 1.165) is 31.4 Å². The first kappa shape index (κ1) is 18.9. The van der Waals surface area contributed by atoms with Crippen LogP contribution in [-0.2, 0) is 5.60 Å². The van der Waals surface area contributed by atoms with Crippen LogP contribution in [-0.4, -0.2) is 29.6 Å². The fraction of sp³-hybridized carbons (Fsp3) is 0.739. The minimum atomic E-state index is -0.690. The summed E-state index contributed by atoms with van der Waals surface area (Å²) >= 11 is 0. The Bertz CT molecular complexity index is 534. The Kier molecular flexibility index (Phi) is 5.90. The smallest absolute Gasteiger partial charge is 0.0937 e. The number of likely N-dealkylation sites (tertiary alicyclic amines) is 1. The third kappa shape index (κ3) is 4.65. The van der Waals surface area contributed by atoms with E-state index >= 15 is 0 Å². The van der Waals surface area contributed by atoms with Crippen LogP contribution >= 0.6 is 0 Å². The van der Waals surface area contributed by atoms with Crippen molar-refractivity contribution < 1.29 is 5.11 Å². The van der Waals surface area contributed by atoms with Crippen molar-refractivity contribution in [1.82, 2.24) is 4.90 Å². The number of hydrogen-bond acceptors (Lipinski definition) is 2. The fourth-order valence-corrected chi connectivity index (χ4v) is 5.53. The van der Waals surface area contributed by atoms with Gasteiger partial charge in [-0.25, -0.2) is 0 Å². The Labute approximate surface area is 154 Å². The van der Waals surface area contributed by atoms with Crippen molar-refractivity contribution in [3.63, 3.8) is 0 Å². The summed E-state index contributed by atoms with van der Waals surface area (Å²) in [7, 11) is 0. The van der Waals surface area contributed by atoms with Crippen LogP contribution in [0.4, 0.5) is 0 Å². The first-order valence-corrected chi connectivity index (χ1v) is 10.4. The molecule has 1 aliphatic heterocycles. The summed E-state index contributed by atoms with van der Waals surface area (Å²) in [5.41, 5.74) is 0.767. The topological polar surface area (TPSA) is 23.5 Å². The van der Waals surface area contributed by atoms with Gasteiger partial charge in [0, 0.05) is 6.54 Å². The van der Waals surface area contributed by atoms with E-state index in [4.69, 9.17) is 0 Å². The molecule has 2 nitrogen and oxygen atoms in total. The highest BCUT2D eigenvalue weighted by molar-refractivity contribution is 5.24. The molecular weight excluding hydrogens is 306 g/mol. The van der Waals surface area contributed by atoms with Gasteiger partial charge in [-0.05, 0) is 74.4 Å². The quantitative estimate of drug-likeness (QED) is 0.793. The van der Waals surface area contributed by atoms with Crippen LogP contribution in [0.2, 0.25) is 0 Å². The zero-order chi connectivity index (χ0) is 17.9. The molecule has 3 atom stereocenters. The second kappa shape index (κ2) is 7.80. The average molecular weight is 344 g/mol. The minimum Gasteiger partial charge on any atom is -0.385 e. The highest BCUT2D eigenvalue weighted by atomic mass is 16.3. The van der Waals surface area contributed by atoms with Gasteiger partial charge in [0.2, 0.25) is 0 Å². The maximum Gasteiger partial charge on any atom is 0.0937 e. The van der Waals surface area contributed by atoms with Crippen LogP contribution in [0, 0.1) is 17.3 Å². The van der Waals surface area contributed by atoms with Gasteiger partial charge in [-0.1, -0.05) is 57.5 Å². The van der Waals surface area contributed by atoms with Crippen molar-refractivity contribution in [3.05, 3.63) is 35.9 Å². The molecule has 0 amide bonds. The third-order valence-electron chi connectivity index (χ3n) is 6.59. The molecular formula is C23H37NO. The van der Waals surface area contributed by atoms with Crippen molar-refractivity contribution in [3.8, 4) is 0 Å². The van der Waals surface area contributed by atoms with Crippen LogP contribution in [0.25, 0.3) is 0 Å². The van der Waals surface area contributed by atoms with Crippen LogP contribution in [0.15, 0.2) is 30.3 Å². The largest absolute Gasteiger partial charge is 0.385 e. The molecule has 0 bridgehead atoms. The molecule has 2 heteroatoms. The Balaban J connectivity index is 1.81. The Morgan fingerprint density at radius 3 is 2.40 bits per heavy atom. The summed E-state index contributed by atoms with van der Waals surface area (Å²) in [5, 5.41) is 12.0. The maximum absolute atomic E-state index is 12.0. The van der Waals surface area contributed by atoms with Crippen molar-refractivity contribution in [1.29, 1.82) is 0 Å². The predicted octanol–water partition coefficient (Wildman–Crippen LogP) is 5.21. The molecule has 1 aliphatic carbocycles. The second-order valence-electron chi connectivity index (χ2n) is 9.55. The molecule has 0 spiro atoms. The predicted molar refractivity (Wildman–Crippen MR) is 106 cm³/mol. The molecule has 1 N–H and O–H groups in total. The van der Waals surface area contributed by atoms with Crippen molar-refractivity contribution in [2.45, 2.75) is 71.3 Å². The minimum absolute atomic E-state index is 0.330. The highest BCUT2D eigenvalue weighted by Gasteiger charge is 2.44. The molecule has 1 saturated heterocycles. The van der Waals surface area contributed by atoms with Gasteiger partial charge in [-0.15, -0.1) is 0 Å². The number of aliphatic hydroxyl groups is 1. The fourth-order valence-electron chi connectivity index (χ4n) is 5.53. The van der Waals surface area contributed by atoms with E-state index in [1.165, 1.54) is 38.8 Å². The van der Waals surface area contributed by atoms with Gasteiger partial charge in [0.25, 0.3) is 0 Å². The van der Waals surface area contributed by atoms with Crippen LogP contribution in [0.1, 0.15) is 71.3 Å². The second-order valence-corrected chi connectivity index (χ2v) is 9.55. The molecule has 0 radical (unpaired) electrons. The van der Waals surface area contributed by atoms with Gasteiger partial charge in [-0.3, -0.25) is 0 Å². The molecule has 140 valence electrons. The lowest BCUT2D eigenvalue weighted by Gasteiger charge is -2.47. The molecule has 1 aromatic rings. The molecule has 1 aromatic carbocycles. The summed E-state index contributed by atoms with van der Waals surface area (Å²) in [6.07, 6.45) is 8.42. The van der Waals surface area contributed by atoms with Gasteiger partial charge in [0.1, 0.15) is 0 Å². The standard InChI is InChI=1S/C23H37NO/c1-19-16-21(18-22(2,3)17-19)23(25,20-10-6-4-7-11-20)12-15-24-13-8-5-9-14-24/h4,6-7,10-11,19,21,25H,5,8-9,12-18H2,1-3H3. The lowest BCUT2D eigenvalue weighted by Crippen LogP contribution is -2.44. The van der Waals surface area contributed by atoms with E-state index in [2.05, 4.69) is 56.0 Å². The maximum atomic E-state index is 12.0. The molecule has 0 aromatic heterocycles. The summed E-state index contributed by atoms with van der Waals surface area (Å²) in [5.74, 6) is 1.05. The lowest BCUT2D eigenvalue weighted by atomic mass is 9.61. The first-order chi connectivity index (χ1) is 11.9. The monoisotopic (exact) mass is 343 g/mol. The average Bonchev–Trinajstić information content (AvgIpc) is 2.59. The first-order valence-electron chi connectivity index (χ1n) is 10.4. The van der Waals surface area contributed by atoms with Crippen LogP contribution in [0.5, 0.6) is 0 Å². The van der Waals surface area contributed by atoms with E-state index in [9.17, 15) is 5.11 Å². The summed E-state index contributed by atoms with van der Waals surface area (Å²) < 4.78 is 0. The van der Waals surface area contributed by atoms with Gasteiger partial charge in [-0.2, -0.15) is 0 Å². The van der Waals surface area contributed by atoms with Crippen molar-refractivity contribution >= 4 is 0 Å². The van der Waals surface area contributed by atoms with Crippen LogP contribution < -0.4 is 0 Å². The third-order valence-corrected chi connectivity index (χ3v) is 6.59. The molecule has 25 heavy (non-hydrogen) atoms. The SMILES string of the molecule is CC1CC(C(O)(CCN2CCCCC2)c2ccccc2)CC(C)(C)C1. The van der Waals surface area contributed by atoms with E-state index in [-0.39, 0.29) is 0 Å². The summed E-state index contributed by atoms with van der Waals surface area (Å²) in [4.78, 5) is 2.56. The normalized spacial score (nSPS) is 29.9. The number of piperidine rings is 1. The van der Waals surface area contributed by atoms with E-state index in [1.807, 2.05) is 0 Å². The van der Waals surface area contributed by atoms with Gasteiger partial charge in [0.05, 0.1) is 5.60 Å². The van der Waals surface area contributed by atoms with Gasteiger partial charge in [0.15, 0.2) is 0 Å². The van der Waals surface area contributed by atoms with E-state index in [1.54, 1.807) is 0 Å². The molecule has 2 aliphatic rings. The molecule has 2 fully saturated rings. The molecule has 3 rings (SSSR count). The molecule has 3 unspecified atom stereocenters. The van der Waals surface area contributed by atoms with Crippen LogP contribution in [0.3, 0.4) is 0 Å². The zero-order valence-electron chi connectivity index (χ0n) is 16.5. The highest BCUT2D eigenvalue weighted by Crippen LogP contribution is 2.49. The number of rotatable bonds is 5. The Hall–Kier alpha value is -0.860. The number of hydrogen-bond donors (Lipinski definition) is 1. The molecule has 1 saturated carbocycles. The molecule has 1 heterocycles. The summed E-state index contributed by atoms with van der Waals surface area (Å²) in [6.45, 7) is 10.6. The number of benzene rings is 1. The zero-order valence-corrected chi connectivity index (χ0v) is 16.5. The van der Waals surface area contributed by atoms with Crippen molar-refractivity contribution in [2.24, 2.45) is 17.3 Å². The Morgan fingerprint density at radius 2 is 1.76 bits per heavy atom.